The van der Waals surface area contributed by atoms with E-state index in [0.29, 0.717) is 0 Å². The maximum Gasteiger partial charge on any atom is 0.138 e. The zero-order valence-electron chi connectivity index (χ0n) is 10.8. The highest BCUT2D eigenvalue weighted by Gasteiger charge is 2.36. The summed E-state index contributed by atoms with van der Waals surface area (Å²) in [5, 5.41) is 10.1. The molecule has 2 heterocycles. The molecule has 0 aromatic heterocycles. The highest BCUT2D eigenvalue weighted by molar-refractivity contribution is 9.10. The Morgan fingerprint density at radius 2 is 1.67 bits per heavy atom. The zero-order valence-corrected chi connectivity index (χ0v) is 12.4. The second-order valence-electron chi connectivity index (χ2n) is 5.28. The normalized spacial score (nSPS) is 26.3. The summed E-state index contributed by atoms with van der Waals surface area (Å²) in [6.07, 6.45) is 1.49. The van der Waals surface area contributed by atoms with Crippen LogP contribution in [0.1, 0.15) is 43.6 Å². The molecule has 3 nitrogen and oxygen atoms in total. The minimum atomic E-state index is -0.528. The molecule has 2 aliphatic rings. The molecule has 0 saturated carbocycles. The average Bonchev–Trinajstić information content (AvgIpc) is 2.81. The number of aliphatic hydroxyl groups is 1. The highest BCUT2D eigenvalue weighted by atomic mass is 79.9. The summed E-state index contributed by atoms with van der Waals surface area (Å²) in [7, 11) is 0. The Morgan fingerprint density at radius 3 is 2.28 bits per heavy atom. The van der Waals surface area contributed by atoms with Crippen molar-refractivity contribution in [3.05, 3.63) is 21.2 Å². The third-order valence-electron chi connectivity index (χ3n) is 3.62. The lowest BCUT2D eigenvalue weighted by atomic mass is 9.95. The number of fused-ring (bicyclic) bond motifs is 2. The number of halogens is 1. The topological polar surface area (TPSA) is 38.7 Å². The van der Waals surface area contributed by atoms with E-state index in [9.17, 15) is 5.11 Å². The zero-order chi connectivity index (χ0) is 13.0. The van der Waals surface area contributed by atoms with E-state index in [2.05, 4.69) is 15.9 Å². The molecular formula is C14H17BrO3. The third kappa shape index (κ3) is 1.66. The van der Waals surface area contributed by atoms with Crippen molar-refractivity contribution in [2.24, 2.45) is 0 Å². The molecule has 1 aromatic rings. The van der Waals surface area contributed by atoms with E-state index in [0.717, 1.165) is 45.5 Å². The van der Waals surface area contributed by atoms with Gasteiger partial charge >= 0.3 is 0 Å². The second kappa shape index (κ2) is 4.14. The lowest BCUT2D eigenvalue weighted by Gasteiger charge is -2.17. The maximum atomic E-state index is 10.1. The van der Waals surface area contributed by atoms with Gasteiger partial charge in [-0.15, -0.1) is 0 Å². The number of rotatable bonds is 1. The van der Waals surface area contributed by atoms with Gasteiger partial charge in [-0.1, -0.05) is 0 Å². The monoisotopic (exact) mass is 312 g/mol. The molecule has 18 heavy (non-hydrogen) atoms. The van der Waals surface area contributed by atoms with E-state index in [1.807, 2.05) is 13.8 Å². The van der Waals surface area contributed by atoms with Gasteiger partial charge in [0, 0.05) is 29.5 Å². The predicted octanol–water partition coefficient (Wildman–Crippen LogP) is 3.15. The highest BCUT2D eigenvalue weighted by Crippen LogP contribution is 2.50. The molecular weight excluding hydrogens is 296 g/mol. The minimum Gasteiger partial charge on any atom is -0.490 e. The van der Waals surface area contributed by atoms with Gasteiger partial charge in [0.15, 0.2) is 0 Å². The minimum absolute atomic E-state index is 0.161. The standard InChI is InChI=1S/C14H17BrO3/c1-6-4-9-11(8(3)16)13-10(5-7(2)17-13)12(15)14(9)18-6/h6-8,16H,4-5H2,1-3H3. The Morgan fingerprint density at radius 1 is 1.11 bits per heavy atom. The maximum absolute atomic E-state index is 10.1. The van der Waals surface area contributed by atoms with E-state index >= 15 is 0 Å². The lowest BCUT2D eigenvalue weighted by molar-refractivity contribution is 0.186. The van der Waals surface area contributed by atoms with Gasteiger partial charge in [-0.25, -0.2) is 0 Å². The van der Waals surface area contributed by atoms with Crippen LogP contribution in [0, 0.1) is 0 Å². The van der Waals surface area contributed by atoms with E-state index < -0.39 is 6.10 Å². The molecule has 0 bridgehead atoms. The van der Waals surface area contributed by atoms with Crippen molar-refractivity contribution in [1.82, 2.24) is 0 Å². The van der Waals surface area contributed by atoms with E-state index in [1.165, 1.54) is 0 Å². The van der Waals surface area contributed by atoms with Gasteiger partial charge in [0.2, 0.25) is 0 Å². The molecule has 1 aromatic carbocycles. The summed E-state index contributed by atoms with van der Waals surface area (Å²) in [4.78, 5) is 0. The first-order valence-corrected chi connectivity index (χ1v) is 7.16. The number of hydrogen-bond acceptors (Lipinski definition) is 3. The van der Waals surface area contributed by atoms with Gasteiger partial charge in [0.05, 0.1) is 10.6 Å². The van der Waals surface area contributed by atoms with Crippen LogP contribution in [0.4, 0.5) is 0 Å². The van der Waals surface area contributed by atoms with Gasteiger partial charge < -0.3 is 14.6 Å². The first-order valence-electron chi connectivity index (χ1n) is 6.37. The molecule has 2 aliphatic heterocycles. The summed E-state index contributed by atoms with van der Waals surface area (Å²) < 4.78 is 12.8. The van der Waals surface area contributed by atoms with Gasteiger partial charge in [-0.3, -0.25) is 0 Å². The summed E-state index contributed by atoms with van der Waals surface area (Å²) in [6, 6.07) is 0. The van der Waals surface area contributed by atoms with Crippen molar-refractivity contribution >= 4 is 15.9 Å². The molecule has 0 spiro atoms. The number of benzene rings is 1. The second-order valence-corrected chi connectivity index (χ2v) is 6.08. The molecule has 98 valence electrons. The van der Waals surface area contributed by atoms with E-state index in [1.54, 1.807) is 6.92 Å². The first kappa shape index (κ1) is 12.3. The van der Waals surface area contributed by atoms with Crippen LogP contribution in [0.5, 0.6) is 11.5 Å². The van der Waals surface area contributed by atoms with Crippen LogP contribution in [0.15, 0.2) is 4.47 Å². The fourth-order valence-corrected chi connectivity index (χ4v) is 3.61. The van der Waals surface area contributed by atoms with Crippen LogP contribution in [0.3, 0.4) is 0 Å². The molecule has 0 saturated heterocycles. The van der Waals surface area contributed by atoms with E-state index in [4.69, 9.17) is 9.47 Å². The van der Waals surface area contributed by atoms with Gasteiger partial charge in [0.25, 0.3) is 0 Å². The largest absolute Gasteiger partial charge is 0.490 e. The smallest absolute Gasteiger partial charge is 0.138 e. The lowest BCUT2D eigenvalue weighted by Crippen LogP contribution is -2.08. The molecule has 0 amide bonds. The van der Waals surface area contributed by atoms with Crippen LogP contribution in [-0.2, 0) is 12.8 Å². The number of ether oxygens (including phenoxy) is 2. The number of aliphatic hydroxyl groups excluding tert-OH is 1. The average molecular weight is 313 g/mol. The van der Waals surface area contributed by atoms with Crippen molar-refractivity contribution in [3.8, 4) is 11.5 Å². The van der Waals surface area contributed by atoms with Gasteiger partial charge in [0.1, 0.15) is 23.7 Å². The van der Waals surface area contributed by atoms with Crippen LogP contribution in [0.25, 0.3) is 0 Å². The van der Waals surface area contributed by atoms with Crippen molar-refractivity contribution in [1.29, 1.82) is 0 Å². The molecule has 1 N–H and O–H groups in total. The van der Waals surface area contributed by atoms with Crippen molar-refractivity contribution in [3.63, 3.8) is 0 Å². The summed E-state index contributed by atoms with van der Waals surface area (Å²) in [5.41, 5.74) is 3.14. The molecule has 0 aliphatic carbocycles. The fourth-order valence-electron chi connectivity index (χ4n) is 2.94. The Labute approximate surface area is 115 Å². The molecule has 3 unspecified atom stereocenters. The van der Waals surface area contributed by atoms with Crippen LogP contribution in [-0.4, -0.2) is 17.3 Å². The van der Waals surface area contributed by atoms with Crippen molar-refractivity contribution < 1.29 is 14.6 Å². The van der Waals surface area contributed by atoms with Crippen molar-refractivity contribution in [2.75, 3.05) is 0 Å². The van der Waals surface area contributed by atoms with E-state index in [-0.39, 0.29) is 12.2 Å². The Kier molecular flexibility index (Phi) is 2.83. The third-order valence-corrected chi connectivity index (χ3v) is 4.46. The van der Waals surface area contributed by atoms with Gasteiger partial charge in [-0.05, 0) is 36.7 Å². The summed E-state index contributed by atoms with van der Waals surface area (Å²) in [5.74, 6) is 1.76. The molecule has 3 atom stereocenters. The molecule has 4 heteroatoms. The Bertz CT molecular complexity index is 471. The van der Waals surface area contributed by atoms with Crippen molar-refractivity contribution in [2.45, 2.75) is 51.9 Å². The van der Waals surface area contributed by atoms with Gasteiger partial charge in [-0.2, -0.15) is 0 Å². The molecule has 3 rings (SSSR count). The Balaban J connectivity index is 2.26. The Hall–Kier alpha value is -0.740. The summed E-state index contributed by atoms with van der Waals surface area (Å²) >= 11 is 3.63. The van der Waals surface area contributed by atoms with Crippen LogP contribution in [0.2, 0.25) is 0 Å². The first-order chi connectivity index (χ1) is 8.49. The number of hydrogen-bond donors (Lipinski definition) is 1. The SMILES string of the molecule is CC1Cc2c(c(Br)c3c(c2C(C)O)OC(C)C3)O1. The molecule has 0 fully saturated rings. The van der Waals surface area contributed by atoms with Crippen LogP contribution >= 0.6 is 15.9 Å². The fraction of sp³-hybridized carbons (Fsp3) is 0.571. The quantitative estimate of drug-likeness (QED) is 0.865. The van der Waals surface area contributed by atoms with Crippen LogP contribution < -0.4 is 9.47 Å². The predicted molar refractivity (Wildman–Crippen MR) is 72.4 cm³/mol. The molecule has 0 radical (unpaired) electrons. The summed E-state index contributed by atoms with van der Waals surface area (Å²) in [6.45, 7) is 5.89.